The summed E-state index contributed by atoms with van der Waals surface area (Å²) in [4.78, 5) is 2.48. The summed E-state index contributed by atoms with van der Waals surface area (Å²) in [6, 6.07) is 6.34. The minimum Gasteiger partial charge on any atom is -0.508 e. The fourth-order valence-electron chi connectivity index (χ4n) is 2.45. The number of phenolic OH excluding ortho intramolecular Hbond substituents is 1. The van der Waals surface area contributed by atoms with Crippen molar-refractivity contribution in [2.45, 2.75) is 26.3 Å². The number of aromatic hydroxyl groups is 1. The Kier molecular flexibility index (Phi) is 4.02. The first-order chi connectivity index (χ1) is 8.16. The van der Waals surface area contributed by atoms with E-state index in [1.807, 2.05) is 6.07 Å². The van der Waals surface area contributed by atoms with Crippen LogP contribution in [0.1, 0.15) is 18.1 Å². The van der Waals surface area contributed by atoms with Crippen molar-refractivity contribution in [1.29, 1.82) is 0 Å². The Bertz CT molecular complexity index is 372. The quantitative estimate of drug-likeness (QED) is 0.832. The highest BCUT2D eigenvalue weighted by Crippen LogP contribution is 2.21. The van der Waals surface area contributed by atoms with Gasteiger partial charge in [-0.25, -0.2) is 0 Å². The van der Waals surface area contributed by atoms with E-state index in [0.717, 1.165) is 38.2 Å². The summed E-state index contributed by atoms with van der Waals surface area (Å²) in [6.07, 6.45) is 0.924. The van der Waals surface area contributed by atoms with Crippen molar-refractivity contribution in [3.63, 3.8) is 0 Å². The first-order valence-corrected chi connectivity index (χ1v) is 6.40. The first-order valence-electron chi connectivity index (χ1n) is 6.40. The molecule has 94 valence electrons. The zero-order valence-electron chi connectivity index (χ0n) is 10.7. The van der Waals surface area contributed by atoms with Gasteiger partial charge in [-0.2, -0.15) is 0 Å². The van der Waals surface area contributed by atoms with Gasteiger partial charge in [-0.05, 0) is 31.9 Å². The van der Waals surface area contributed by atoms with Crippen LogP contribution >= 0.6 is 0 Å². The predicted octanol–water partition coefficient (Wildman–Crippen LogP) is 1.54. The fourth-order valence-corrected chi connectivity index (χ4v) is 2.45. The molecule has 0 spiro atoms. The van der Waals surface area contributed by atoms with Gasteiger partial charge in [-0.15, -0.1) is 0 Å². The van der Waals surface area contributed by atoms with E-state index in [2.05, 4.69) is 30.1 Å². The van der Waals surface area contributed by atoms with Crippen molar-refractivity contribution in [1.82, 2.24) is 10.2 Å². The second-order valence-electron chi connectivity index (χ2n) is 4.97. The maximum Gasteiger partial charge on any atom is 0.118 e. The highest BCUT2D eigenvalue weighted by Gasteiger charge is 2.17. The minimum atomic E-state index is 0.428. The number of hydrogen-bond donors (Lipinski definition) is 2. The molecule has 1 heterocycles. The number of benzene rings is 1. The Labute approximate surface area is 103 Å². The lowest BCUT2D eigenvalue weighted by molar-refractivity contribution is 0.182. The zero-order valence-corrected chi connectivity index (χ0v) is 10.7. The molecule has 0 radical (unpaired) electrons. The van der Waals surface area contributed by atoms with Crippen LogP contribution < -0.4 is 5.32 Å². The van der Waals surface area contributed by atoms with Gasteiger partial charge in [0.15, 0.2) is 0 Å². The van der Waals surface area contributed by atoms with E-state index in [0.29, 0.717) is 11.8 Å². The van der Waals surface area contributed by atoms with Gasteiger partial charge in [0, 0.05) is 32.2 Å². The van der Waals surface area contributed by atoms with Gasteiger partial charge in [-0.3, -0.25) is 4.90 Å². The molecule has 1 aliphatic rings. The number of hydrogen-bond acceptors (Lipinski definition) is 3. The molecule has 0 bridgehead atoms. The standard InChI is InChI=1S/C14H22N2O/c1-11-3-4-14(17)13(9-11)10-12(2)16-7-5-15-6-8-16/h3-4,9,12,15,17H,5-8,10H2,1-2H3. The predicted molar refractivity (Wildman–Crippen MR) is 70.5 cm³/mol. The average Bonchev–Trinajstić information content (AvgIpc) is 2.35. The average molecular weight is 234 g/mol. The van der Waals surface area contributed by atoms with Gasteiger partial charge in [0.25, 0.3) is 0 Å². The molecule has 2 N–H and O–H groups in total. The third-order valence-electron chi connectivity index (χ3n) is 3.53. The summed E-state index contributed by atoms with van der Waals surface area (Å²) in [6.45, 7) is 8.67. The molecule has 1 saturated heterocycles. The number of aryl methyl sites for hydroxylation is 1. The van der Waals surface area contributed by atoms with E-state index in [1.165, 1.54) is 5.56 Å². The van der Waals surface area contributed by atoms with Crippen LogP contribution in [0.3, 0.4) is 0 Å². The highest BCUT2D eigenvalue weighted by molar-refractivity contribution is 5.36. The smallest absolute Gasteiger partial charge is 0.118 e. The lowest BCUT2D eigenvalue weighted by atomic mass is 10.0. The Balaban J connectivity index is 2.01. The third-order valence-corrected chi connectivity index (χ3v) is 3.53. The lowest BCUT2D eigenvalue weighted by Crippen LogP contribution is -2.48. The topological polar surface area (TPSA) is 35.5 Å². The molecule has 3 nitrogen and oxygen atoms in total. The number of piperazine rings is 1. The molecule has 0 amide bonds. The van der Waals surface area contributed by atoms with Crippen molar-refractivity contribution in [3.8, 4) is 5.75 Å². The summed E-state index contributed by atoms with van der Waals surface area (Å²) in [5.41, 5.74) is 2.28. The molecule has 1 aromatic carbocycles. The van der Waals surface area contributed by atoms with E-state index in [4.69, 9.17) is 0 Å². The molecule has 1 atom stereocenters. The van der Waals surface area contributed by atoms with Gasteiger partial charge < -0.3 is 10.4 Å². The summed E-state index contributed by atoms with van der Waals surface area (Å²) < 4.78 is 0. The number of rotatable bonds is 3. The zero-order chi connectivity index (χ0) is 12.3. The Morgan fingerprint density at radius 3 is 2.76 bits per heavy atom. The van der Waals surface area contributed by atoms with E-state index < -0.39 is 0 Å². The molecule has 1 aliphatic heterocycles. The van der Waals surface area contributed by atoms with Gasteiger partial charge in [0.1, 0.15) is 5.75 Å². The first kappa shape index (κ1) is 12.4. The molecule has 2 rings (SSSR count). The molecular formula is C14H22N2O. The molecule has 1 fully saturated rings. The maximum atomic E-state index is 9.85. The van der Waals surface area contributed by atoms with E-state index in [1.54, 1.807) is 6.07 Å². The summed E-state index contributed by atoms with van der Waals surface area (Å²) in [7, 11) is 0. The van der Waals surface area contributed by atoms with Crippen LogP contribution in [-0.2, 0) is 6.42 Å². The maximum absolute atomic E-state index is 9.85. The molecule has 0 aromatic heterocycles. The minimum absolute atomic E-state index is 0.428. The summed E-state index contributed by atoms with van der Waals surface area (Å²) >= 11 is 0. The number of nitrogens with zero attached hydrogens (tertiary/aromatic N) is 1. The van der Waals surface area contributed by atoms with Crippen LogP contribution in [-0.4, -0.2) is 42.2 Å². The van der Waals surface area contributed by atoms with Crippen LogP contribution in [0, 0.1) is 6.92 Å². The Hall–Kier alpha value is -1.06. The van der Waals surface area contributed by atoms with Crippen molar-refractivity contribution in [3.05, 3.63) is 29.3 Å². The molecule has 1 unspecified atom stereocenters. The molecule has 0 aliphatic carbocycles. The van der Waals surface area contributed by atoms with Gasteiger partial charge >= 0.3 is 0 Å². The molecule has 3 heteroatoms. The van der Waals surface area contributed by atoms with Crippen LogP contribution in [0.4, 0.5) is 0 Å². The lowest BCUT2D eigenvalue weighted by Gasteiger charge is -2.33. The SMILES string of the molecule is Cc1ccc(O)c(CC(C)N2CCNCC2)c1. The van der Waals surface area contributed by atoms with Crippen molar-refractivity contribution >= 4 is 0 Å². The third kappa shape index (κ3) is 3.20. The van der Waals surface area contributed by atoms with Crippen LogP contribution in [0.2, 0.25) is 0 Å². The largest absolute Gasteiger partial charge is 0.508 e. The van der Waals surface area contributed by atoms with Crippen LogP contribution in [0.25, 0.3) is 0 Å². The summed E-state index contributed by atoms with van der Waals surface area (Å²) in [5.74, 6) is 0.428. The van der Waals surface area contributed by atoms with Gasteiger partial charge in [0.05, 0.1) is 0 Å². The fraction of sp³-hybridized carbons (Fsp3) is 0.571. The van der Waals surface area contributed by atoms with E-state index >= 15 is 0 Å². The normalized spacial score (nSPS) is 19.2. The monoisotopic (exact) mass is 234 g/mol. The highest BCUT2D eigenvalue weighted by atomic mass is 16.3. The molecule has 1 aromatic rings. The summed E-state index contributed by atoms with van der Waals surface area (Å²) in [5, 5.41) is 13.2. The van der Waals surface area contributed by atoms with Crippen LogP contribution in [0.5, 0.6) is 5.75 Å². The van der Waals surface area contributed by atoms with E-state index in [-0.39, 0.29) is 0 Å². The molecule has 0 saturated carbocycles. The molecular weight excluding hydrogens is 212 g/mol. The van der Waals surface area contributed by atoms with Crippen molar-refractivity contribution in [2.24, 2.45) is 0 Å². The van der Waals surface area contributed by atoms with Gasteiger partial charge in [0.2, 0.25) is 0 Å². The Morgan fingerprint density at radius 2 is 2.06 bits per heavy atom. The molecule has 17 heavy (non-hydrogen) atoms. The second kappa shape index (κ2) is 5.52. The van der Waals surface area contributed by atoms with Crippen LogP contribution in [0.15, 0.2) is 18.2 Å². The second-order valence-corrected chi connectivity index (χ2v) is 4.97. The number of phenols is 1. The van der Waals surface area contributed by atoms with E-state index in [9.17, 15) is 5.11 Å². The van der Waals surface area contributed by atoms with Crippen molar-refractivity contribution in [2.75, 3.05) is 26.2 Å². The number of nitrogens with one attached hydrogen (secondary N) is 1. The Morgan fingerprint density at radius 1 is 1.35 bits per heavy atom. The van der Waals surface area contributed by atoms with Gasteiger partial charge in [-0.1, -0.05) is 17.7 Å². The van der Waals surface area contributed by atoms with Crippen molar-refractivity contribution < 1.29 is 5.11 Å².